The minimum absolute atomic E-state index is 0.149. The molecule has 152 valence electrons. The molecule has 2 aromatic heterocycles. The van der Waals surface area contributed by atoms with Crippen LogP contribution < -0.4 is 10.6 Å². The Bertz CT molecular complexity index is 1010. The van der Waals surface area contributed by atoms with E-state index < -0.39 is 0 Å². The molecular weight excluding hydrogens is 368 g/mol. The molecule has 0 atom stereocenters. The van der Waals surface area contributed by atoms with E-state index >= 15 is 0 Å². The number of likely N-dealkylation sites (N-methyl/N-ethyl adjacent to an activating group) is 1. The molecule has 0 spiro atoms. The maximum Gasteiger partial charge on any atom is 0.321 e. The number of aryl methyl sites for hydroxylation is 1. The van der Waals surface area contributed by atoms with Crippen LogP contribution in [0.2, 0.25) is 0 Å². The first kappa shape index (κ1) is 20.5. The van der Waals surface area contributed by atoms with E-state index in [1.165, 1.54) is 0 Å². The van der Waals surface area contributed by atoms with Crippen molar-refractivity contribution >= 4 is 28.7 Å². The van der Waals surface area contributed by atoms with Crippen LogP contribution in [0.15, 0.2) is 36.7 Å². The van der Waals surface area contributed by atoms with Gasteiger partial charge in [-0.05, 0) is 43.2 Å². The fourth-order valence-corrected chi connectivity index (χ4v) is 3.01. The van der Waals surface area contributed by atoms with Crippen LogP contribution in [0.4, 0.5) is 16.4 Å². The molecule has 0 aliphatic heterocycles. The van der Waals surface area contributed by atoms with Crippen molar-refractivity contribution in [2.45, 2.75) is 13.8 Å². The number of carbonyl (C=O) groups excluding carboxylic acids is 1. The largest absolute Gasteiger partial charge is 0.383 e. The molecular formula is C21H26N6O2. The SMILES string of the molecule is CCN(CCOC)C(=O)Nc1ccc(C)c(-c2cnc3nc(NC)ncc3c2)c1. The second-order valence-corrected chi connectivity index (χ2v) is 6.61. The van der Waals surface area contributed by atoms with Crippen LogP contribution in [-0.2, 0) is 4.74 Å². The van der Waals surface area contributed by atoms with Crippen molar-refractivity contribution in [3.8, 4) is 11.1 Å². The summed E-state index contributed by atoms with van der Waals surface area (Å²) in [7, 11) is 3.40. The van der Waals surface area contributed by atoms with Crippen molar-refractivity contribution in [1.29, 1.82) is 0 Å². The summed E-state index contributed by atoms with van der Waals surface area (Å²) in [6.45, 7) is 5.62. The Balaban J connectivity index is 1.87. The van der Waals surface area contributed by atoms with Crippen LogP contribution in [-0.4, -0.2) is 59.7 Å². The van der Waals surface area contributed by atoms with Gasteiger partial charge >= 0.3 is 6.03 Å². The summed E-state index contributed by atoms with van der Waals surface area (Å²) in [5.41, 5.74) is 4.39. The quantitative estimate of drug-likeness (QED) is 0.637. The molecule has 29 heavy (non-hydrogen) atoms. The smallest absolute Gasteiger partial charge is 0.321 e. The van der Waals surface area contributed by atoms with Gasteiger partial charge in [-0.3, -0.25) is 0 Å². The Morgan fingerprint density at radius 3 is 2.76 bits per heavy atom. The highest BCUT2D eigenvalue weighted by atomic mass is 16.5. The average molecular weight is 394 g/mol. The van der Waals surface area contributed by atoms with Gasteiger partial charge in [0.2, 0.25) is 5.95 Å². The van der Waals surface area contributed by atoms with Gasteiger partial charge < -0.3 is 20.3 Å². The Morgan fingerprint density at radius 2 is 2.03 bits per heavy atom. The topological polar surface area (TPSA) is 92.3 Å². The number of methoxy groups -OCH3 is 1. The molecule has 3 aromatic rings. The minimum Gasteiger partial charge on any atom is -0.383 e. The number of hydrogen-bond acceptors (Lipinski definition) is 6. The second-order valence-electron chi connectivity index (χ2n) is 6.61. The number of anilines is 2. The van der Waals surface area contributed by atoms with Crippen LogP contribution >= 0.6 is 0 Å². The fraction of sp³-hybridized carbons (Fsp3) is 0.333. The highest BCUT2D eigenvalue weighted by Gasteiger charge is 2.13. The molecule has 2 amide bonds. The van der Waals surface area contributed by atoms with Crippen molar-refractivity contribution in [3.05, 3.63) is 42.2 Å². The minimum atomic E-state index is -0.149. The van der Waals surface area contributed by atoms with E-state index in [9.17, 15) is 4.79 Å². The van der Waals surface area contributed by atoms with Gasteiger partial charge in [0.15, 0.2) is 5.65 Å². The van der Waals surface area contributed by atoms with Gasteiger partial charge in [0, 0.05) is 56.3 Å². The molecule has 2 N–H and O–H groups in total. The van der Waals surface area contributed by atoms with E-state index in [0.717, 1.165) is 27.8 Å². The third-order valence-corrected chi connectivity index (χ3v) is 4.69. The molecule has 0 radical (unpaired) electrons. The number of benzene rings is 1. The van der Waals surface area contributed by atoms with Gasteiger partial charge in [0.05, 0.1) is 6.61 Å². The first-order chi connectivity index (χ1) is 14.0. The summed E-state index contributed by atoms with van der Waals surface area (Å²) in [6.07, 6.45) is 3.54. The molecule has 0 saturated heterocycles. The lowest BCUT2D eigenvalue weighted by Crippen LogP contribution is -2.37. The fourth-order valence-electron chi connectivity index (χ4n) is 3.01. The van der Waals surface area contributed by atoms with Crippen LogP contribution in [0.3, 0.4) is 0 Å². The predicted octanol–water partition coefficient (Wildman–Crippen LogP) is 3.54. The molecule has 0 bridgehead atoms. The van der Waals surface area contributed by atoms with Gasteiger partial charge in [-0.25, -0.2) is 14.8 Å². The van der Waals surface area contributed by atoms with Crippen molar-refractivity contribution in [1.82, 2.24) is 19.9 Å². The lowest BCUT2D eigenvalue weighted by Gasteiger charge is -2.21. The monoisotopic (exact) mass is 394 g/mol. The van der Waals surface area contributed by atoms with Crippen molar-refractivity contribution in [2.24, 2.45) is 0 Å². The highest BCUT2D eigenvalue weighted by Crippen LogP contribution is 2.28. The van der Waals surface area contributed by atoms with Crippen LogP contribution in [0, 0.1) is 6.92 Å². The molecule has 3 rings (SSSR count). The summed E-state index contributed by atoms with van der Waals surface area (Å²) in [6, 6.07) is 7.71. The van der Waals surface area contributed by atoms with E-state index in [0.29, 0.717) is 31.3 Å². The number of ether oxygens (including phenoxy) is 1. The Hall–Kier alpha value is -3.26. The van der Waals surface area contributed by atoms with Crippen LogP contribution in [0.5, 0.6) is 0 Å². The molecule has 8 nitrogen and oxygen atoms in total. The van der Waals surface area contributed by atoms with Crippen molar-refractivity contribution < 1.29 is 9.53 Å². The summed E-state index contributed by atoms with van der Waals surface area (Å²) in [4.78, 5) is 27.3. The van der Waals surface area contributed by atoms with Gasteiger partial charge in [0.25, 0.3) is 0 Å². The van der Waals surface area contributed by atoms with Crippen molar-refractivity contribution in [3.63, 3.8) is 0 Å². The number of pyridine rings is 1. The summed E-state index contributed by atoms with van der Waals surface area (Å²) in [5.74, 6) is 0.535. The lowest BCUT2D eigenvalue weighted by atomic mass is 10.0. The van der Waals surface area contributed by atoms with Crippen molar-refractivity contribution in [2.75, 3.05) is 44.5 Å². The van der Waals surface area contributed by atoms with Gasteiger partial charge in [0.1, 0.15) is 0 Å². The normalized spacial score (nSPS) is 10.8. The molecule has 1 aromatic carbocycles. The second kappa shape index (κ2) is 9.29. The Kier molecular flexibility index (Phi) is 6.56. The molecule has 0 saturated carbocycles. The van der Waals surface area contributed by atoms with E-state index in [-0.39, 0.29) is 6.03 Å². The number of urea groups is 1. The molecule has 0 unspecified atom stereocenters. The molecule has 0 fully saturated rings. The molecule has 0 aliphatic rings. The number of nitrogens with zero attached hydrogens (tertiary/aromatic N) is 4. The van der Waals surface area contributed by atoms with Crippen LogP contribution in [0.1, 0.15) is 12.5 Å². The van der Waals surface area contributed by atoms with Crippen LogP contribution in [0.25, 0.3) is 22.2 Å². The van der Waals surface area contributed by atoms with E-state index in [4.69, 9.17) is 4.74 Å². The zero-order valence-corrected chi connectivity index (χ0v) is 17.2. The summed E-state index contributed by atoms with van der Waals surface area (Å²) >= 11 is 0. The summed E-state index contributed by atoms with van der Waals surface area (Å²) < 4.78 is 5.07. The maximum absolute atomic E-state index is 12.5. The Labute approximate surface area is 170 Å². The van der Waals surface area contributed by atoms with Gasteiger partial charge in [-0.2, -0.15) is 4.98 Å². The molecule has 2 heterocycles. The number of rotatable bonds is 7. The van der Waals surface area contributed by atoms with E-state index in [1.807, 2.05) is 38.1 Å². The van der Waals surface area contributed by atoms with Gasteiger partial charge in [-0.15, -0.1) is 0 Å². The number of amides is 2. The third-order valence-electron chi connectivity index (χ3n) is 4.69. The highest BCUT2D eigenvalue weighted by molar-refractivity contribution is 5.91. The molecule has 0 aliphatic carbocycles. The van der Waals surface area contributed by atoms with E-state index in [1.54, 1.807) is 31.5 Å². The lowest BCUT2D eigenvalue weighted by molar-refractivity contribution is 0.157. The number of aromatic nitrogens is 3. The first-order valence-electron chi connectivity index (χ1n) is 9.52. The molecule has 8 heteroatoms. The predicted molar refractivity (Wildman–Crippen MR) is 115 cm³/mol. The zero-order valence-electron chi connectivity index (χ0n) is 17.2. The van der Waals surface area contributed by atoms with E-state index in [2.05, 4.69) is 25.6 Å². The number of hydrogen-bond donors (Lipinski definition) is 2. The summed E-state index contributed by atoms with van der Waals surface area (Å²) in [5, 5.41) is 6.74. The third kappa shape index (κ3) is 4.78. The standard InChI is InChI=1S/C21H26N6O2/c1-5-27(8-9-29-4)21(28)25-17-7-6-14(2)18(11-17)15-10-16-13-24-20(22-3)26-19(16)23-12-15/h6-7,10-13H,5,8-9H2,1-4H3,(H,25,28)(H,22,23,24,26). The zero-order chi connectivity index (χ0) is 20.8. The number of fused-ring (bicyclic) bond motifs is 1. The van der Waals surface area contributed by atoms with Gasteiger partial charge in [-0.1, -0.05) is 6.07 Å². The first-order valence-corrected chi connectivity index (χ1v) is 9.52. The number of carbonyl (C=O) groups is 1. The average Bonchev–Trinajstić information content (AvgIpc) is 2.74. The number of nitrogens with one attached hydrogen (secondary N) is 2. The Morgan fingerprint density at radius 1 is 1.21 bits per heavy atom. The maximum atomic E-state index is 12.5.